The SMILES string of the molecule is CC1CCN(Cc2ccc(N=C(c3ccccc3)C3C(=O)Nc4ccc(NS(=O)(=O)C5CC5)cc43)cc2)CC1. The molecule has 2 N–H and O–H groups in total. The molecule has 1 atom stereocenters. The highest BCUT2D eigenvalue weighted by Gasteiger charge is 2.38. The fraction of sp³-hybridized carbons (Fsp3) is 0.355. The number of nitrogens with zero attached hydrogens (tertiary/aromatic N) is 2. The monoisotopic (exact) mass is 542 g/mol. The molecule has 7 nitrogen and oxygen atoms in total. The van der Waals surface area contributed by atoms with Gasteiger partial charge in [0.2, 0.25) is 15.9 Å². The van der Waals surface area contributed by atoms with Crippen LogP contribution in [-0.4, -0.2) is 43.3 Å². The zero-order valence-electron chi connectivity index (χ0n) is 22.1. The van der Waals surface area contributed by atoms with Gasteiger partial charge in [0.25, 0.3) is 0 Å². The summed E-state index contributed by atoms with van der Waals surface area (Å²) in [4.78, 5) is 20.8. The molecule has 3 aromatic carbocycles. The van der Waals surface area contributed by atoms with Gasteiger partial charge in [-0.15, -0.1) is 0 Å². The lowest BCUT2D eigenvalue weighted by Gasteiger charge is -2.30. The molecule has 2 heterocycles. The van der Waals surface area contributed by atoms with Crippen molar-refractivity contribution in [1.82, 2.24) is 4.90 Å². The fourth-order valence-electron chi connectivity index (χ4n) is 5.42. The van der Waals surface area contributed by atoms with Crippen LogP contribution in [-0.2, 0) is 21.4 Å². The molecule has 0 radical (unpaired) electrons. The first kappa shape index (κ1) is 25.8. The van der Waals surface area contributed by atoms with E-state index in [1.807, 2.05) is 42.5 Å². The Bertz CT molecular complexity index is 1490. The summed E-state index contributed by atoms with van der Waals surface area (Å²) in [6, 6.07) is 23.2. The normalized spacial score (nSPS) is 20.5. The van der Waals surface area contributed by atoms with E-state index in [0.29, 0.717) is 29.9 Å². The van der Waals surface area contributed by atoms with Crippen LogP contribution in [0.25, 0.3) is 0 Å². The lowest BCUT2D eigenvalue weighted by atomic mass is 9.90. The van der Waals surface area contributed by atoms with Crippen LogP contribution in [0.4, 0.5) is 17.1 Å². The van der Waals surface area contributed by atoms with E-state index in [1.54, 1.807) is 18.2 Å². The highest BCUT2D eigenvalue weighted by atomic mass is 32.2. The lowest BCUT2D eigenvalue weighted by Crippen LogP contribution is -2.32. The molecule has 1 saturated carbocycles. The van der Waals surface area contributed by atoms with Crippen molar-refractivity contribution in [3.8, 4) is 0 Å². The molecule has 8 heteroatoms. The Balaban J connectivity index is 1.31. The lowest BCUT2D eigenvalue weighted by molar-refractivity contribution is -0.115. The molecule has 6 rings (SSSR count). The van der Waals surface area contributed by atoms with Crippen molar-refractivity contribution >= 4 is 38.7 Å². The van der Waals surface area contributed by atoms with Gasteiger partial charge in [0.1, 0.15) is 5.92 Å². The zero-order valence-corrected chi connectivity index (χ0v) is 23.0. The van der Waals surface area contributed by atoms with E-state index >= 15 is 0 Å². The summed E-state index contributed by atoms with van der Waals surface area (Å²) in [6.07, 6.45) is 3.86. The van der Waals surface area contributed by atoms with Gasteiger partial charge in [-0.3, -0.25) is 19.4 Å². The maximum Gasteiger partial charge on any atom is 0.238 e. The maximum atomic E-state index is 13.3. The molecule has 2 fully saturated rings. The number of fused-ring (bicyclic) bond motifs is 1. The number of piperidine rings is 1. The Morgan fingerprint density at radius 1 is 0.974 bits per heavy atom. The molecule has 39 heavy (non-hydrogen) atoms. The minimum Gasteiger partial charge on any atom is -0.325 e. The van der Waals surface area contributed by atoms with Crippen LogP contribution in [0, 0.1) is 5.92 Å². The second kappa shape index (κ2) is 10.6. The van der Waals surface area contributed by atoms with Gasteiger partial charge in [-0.25, -0.2) is 8.42 Å². The van der Waals surface area contributed by atoms with Crippen LogP contribution in [0.15, 0.2) is 77.8 Å². The molecular weight excluding hydrogens is 508 g/mol. The van der Waals surface area contributed by atoms with Crippen molar-refractivity contribution in [3.63, 3.8) is 0 Å². The summed E-state index contributed by atoms with van der Waals surface area (Å²) < 4.78 is 27.8. The van der Waals surface area contributed by atoms with Gasteiger partial charge in [0.05, 0.1) is 16.6 Å². The maximum absolute atomic E-state index is 13.3. The molecule has 1 aliphatic carbocycles. The van der Waals surface area contributed by atoms with E-state index in [0.717, 1.165) is 42.4 Å². The molecule has 202 valence electrons. The summed E-state index contributed by atoms with van der Waals surface area (Å²) in [7, 11) is -3.42. The predicted octanol–water partition coefficient (Wildman–Crippen LogP) is 5.68. The Labute approximate surface area is 230 Å². The van der Waals surface area contributed by atoms with Crippen LogP contribution >= 0.6 is 0 Å². The Hall–Kier alpha value is -3.49. The largest absolute Gasteiger partial charge is 0.325 e. The van der Waals surface area contributed by atoms with Gasteiger partial charge in [-0.2, -0.15) is 0 Å². The van der Waals surface area contributed by atoms with Crippen LogP contribution in [0.3, 0.4) is 0 Å². The second-order valence-electron chi connectivity index (χ2n) is 11.1. The molecule has 0 aromatic heterocycles. The Kier molecular flexibility index (Phi) is 6.99. The number of hydrogen-bond donors (Lipinski definition) is 2. The summed E-state index contributed by atoms with van der Waals surface area (Å²) in [6.45, 7) is 5.52. The van der Waals surface area contributed by atoms with Crippen molar-refractivity contribution in [2.24, 2.45) is 10.9 Å². The van der Waals surface area contributed by atoms with Gasteiger partial charge < -0.3 is 5.32 Å². The van der Waals surface area contributed by atoms with Gasteiger partial charge in [0.15, 0.2) is 0 Å². The van der Waals surface area contributed by atoms with E-state index in [-0.39, 0.29) is 11.2 Å². The molecule has 1 unspecified atom stereocenters. The highest BCUT2D eigenvalue weighted by Crippen LogP contribution is 2.39. The number of amides is 1. The number of carbonyl (C=O) groups excluding carboxylic acids is 1. The van der Waals surface area contributed by atoms with Crippen LogP contribution in [0.2, 0.25) is 0 Å². The third-order valence-electron chi connectivity index (χ3n) is 7.92. The third kappa shape index (κ3) is 5.77. The van der Waals surface area contributed by atoms with E-state index in [4.69, 9.17) is 4.99 Å². The third-order valence-corrected chi connectivity index (χ3v) is 9.79. The number of aliphatic imine (C=N–C) groups is 1. The number of benzene rings is 3. The van der Waals surface area contributed by atoms with Crippen LogP contribution in [0.1, 0.15) is 55.2 Å². The fourth-order valence-corrected chi connectivity index (χ4v) is 6.80. The van der Waals surface area contributed by atoms with Crippen LogP contribution in [0.5, 0.6) is 0 Å². The molecule has 0 bridgehead atoms. The van der Waals surface area contributed by atoms with Crippen LogP contribution < -0.4 is 10.0 Å². The first-order valence-electron chi connectivity index (χ1n) is 13.8. The quantitative estimate of drug-likeness (QED) is 0.359. The van der Waals surface area contributed by atoms with Crippen molar-refractivity contribution < 1.29 is 13.2 Å². The van der Waals surface area contributed by atoms with E-state index in [2.05, 4.69) is 34.0 Å². The standard InChI is InChI=1S/C31H34N4O3S/c1-21-15-17-35(18-16-21)20-22-7-9-24(10-8-22)32-30(23-5-3-2-4-6-23)29-27-19-25(11-14-28(27)33-31(29)36)34-39(37,38)26-12-13-26/h2-11,14,19,21,26,29,34H,12-13,15-18,20H2,1H3,(H,33,36). The van der Waals surface area contributed by atoms with Gasteiger partial charge in [-0.1, -0.05) is 49.4 Å². The molecule has 3 aromatic rings. The number of carbonyl (C=O) groups is 1. The number of hydrogen-bond acceptors (Lipinski definition) is 5. The van der Waals surface area contributed by atoms with Crippen molar-refractivity contribution in [3.05, 3.63) is 89.5 Å². The van der Waals surface area contributed by atoms with Gasteiger partial charge >= 0.3 is 0 Å². The van der Waals surface area contributed by atoms with Crippen molar-refractivity contribution in [2.45, 2.75) is 50.3 Å². The first-order chi connectivity index (χ1) is 18.9. The molecule has 2 aliphatic heterocycles. The van der Waals surface area contributed by atoms with E-state index < -0.39 is 15.9 Å². The van der Waals surface area contributed by atoms with Gasteiger partial charge in [-0.05, 0) is 91.7 Å². The van der Waals surface area contributed by atoms with Crippen molar-refractivity contribution in [1.29, 1.82) is 0 Å². The Morgan fingerprint density at radius 3 is 2.38 bits per heavy atom. The summed E-state index contributed by atoms with van der Waals surface area (Å²) in [5.41, 5.74) is 5.36. The molecule has 3 aliphatic rings. The Morgan fingerprint density at radius 2 is 1.69 bits per heavy atom. The number of sulfonamides is 1. The smallest absolute Gasteiger partial charge is 0.238 e. The predicted molar refractivity (Wildman–Crippen MR) is 156 cm³/mol. The minimum absolute atomic E-state index is 0.175. The summed E-state index contributed by atoms with van der Waals surface area (Å²) in [5.74, 6) is -0.0321. The molecule has 1 amide bonds. The topological polar surface area (TPSA) is 90.9 Å². The number of likely N-dealkylation sites (tertiary alicyclic amines) is 1. The molecule has 0 spiro atoms. The minimum atomic E-state index is -3.42. The average Bonchev–Trinajstić information content (AvgIpc) is 3.75. The number of nitrogens with one attached hydrogen (secondary N) is 2. The average molecular weight is 543 g/mol. The highest BCUT2D eigenvalue weighted by molar-refractivity contribution is 7.93. The molecule has 1 saturated heterocycles. The zero-order chi connectivity index (χ0) is 27.0. The summed E-state index contributed by atoms with van der Waals surface area (Å²) in [5, 5.41) is 2.63. The summed E-state index contributed by atoms with van der Waals surface area (Å²) >= 11 is 0. The second-order valence-corrected chi connectivity index (χ2v) is 13.0. The van der Waals surface area contributed by atoms with E-state index in [1.165, 1.54) is 18.4 Å². The number of rotatable bonds is 8. The molecular formula is C31H34N4O3S. The van der Waals surface area contributed by atoms with E-state index in [9.17, 15) is 13.2 Å². The number of anilines is 2. The van der Waals surface area contributed by atoms with Gasteiger partial charge in [0, 0.05) is 17.9 Å². The first-order valence-corrected chi connectivity index (χ1v) is 15.3. The van der Waals surface area contributed by atoms with Crippen molar-refractivity contribution in [2.75, 3.05) is 23.1 Å².